The minimum Gasteiger partial charge on any atom is -0.496 e. The van der Waals surface area contributed by atoms with Crippen LogP contribution in [0.15, 0.2) is 24.3 Å². The SMILES string of the molecule is COc1ccccc1CC1(C(N)=O)NCCS1. The number of ether oxygens (including phenoxy) is 1. The first-order valence-corrected chi connectivity index (χ1v) is 6.47. The van der Waals surface area contributed by atoms with Crippen LogP contribution in [0, 0.1) is 0 Å². The smallest absolute Gasteiger partial charge is 0.248 e. The van der Waals surface area contributed by atoms with Gasteiger partial charge in [0.25, 0.3) is 0 Å². The van der Waals surface area contributed by atoms with Crippen molar-refractivity contribution in [3.63, 3.8) is 0 Å². The summed E-state index contributed by atoms with van der Waals surface area (Å²) in [5, 5.41) is 3.20. The molecule has 1 amide bonds. The van der Waals surface area contributed by atoms with Gasteiger partial charge in [0.05, 0.1) is 7.11 Å². The zero-order valence-corrected chi connectivity index (χ0v) is 10.5. The topological polar surface area (TPSA) is 64.3 Å². The van der Waals surface area contributed by atoms with E-state index in [1.54, 1.807) is 18.9 Å². The molecule has 3 N–H and O–H groups in total. The van der Waals surface area contributed by atoms with Gasteiger partial charge in [0.15, 0.2) is 0 Å². The summed E-state index contributed by atoms with van der Waals surface area (Å²) in [6.45, 7) is 0.808. The van der Waals surface area contributed by atoms with Crippen LogP contribution in [-0.2, 0) is 11.2 Å². The molecule has 1 aliphatic heterocycles. The molecule has 1 saturated heterocycles. The third-order valence-electron chi connectivity index (χ3n) is 2.89. The lowest BCUT2D eigenvalue weighted by Gasteiger charge is -2.25. The van der Waals surface area contributed by atoms with E-state index in [9.17, 15) is 4.79 Å². The fourth-order valence-corrected chi connectivity index (χ4v) is 3.16. The van der Waals surface area contributed by atoms with Gasteiger partial charge in [0.1, 0.15) is 10.6 Å². The average Bonchev–Trinajstić information content (AvgIpc) is 2.80. The van der Waals surface area contributed by atoms with Crippen LogP contribution in [0.2, 0.25) is 0 Å². The Balaban J connectivity index is 2.26. The summed E-state index contributed by atoms with van der Waals surface area (Å²) in [7, 11) is 1.63. The quantitative estimate of drug-likeness (QED) is 0.830. The fourth-order valence-electron chi connectivity index (χ4n) is 2.01. The van der Waals surface area contributed by atoms with E-state index < -0.39 is 4.87 Å². The van der Waals surface area contributed by atoms with E-state index in [2.05, 4.69) is 5.32 Å². The van der Waals surface area contributed by atoms with Crippen LogP contribution in [0.4, 0.5) is 0 Å². The van der Waals surface area contributed by atoms with Gasteiger partial charge < -0.3 is 10.5 Å². The Kier molecular flexibility index (Phi) is 3.59. The predicted octanol–water partition coefficient (Wildman–Crippen LogP) is 0.756. The molecule has 5 heteroatoms. The third-order valence-corrected chi connectivity index (χ3v) is 4.28. The molecule has 1 fully saturated rings. The van der Waals surface area contributed by atoms with Crippen LogP contribution >= 0.6 is 11.8 Å². The number of nitrogens with one attached hydrogen (secondary N) is 1. The maximum Gasteiger partial charge on any atom is 0.248 e. The summed E-state index contributed by atoms with van der Waals surface area (Å²) in [6, 6.07) is 7.70. The minimum absolute atomic E-state index is 0.314. The lowest BCUT2D eigenvalue weighted by atomic mass is 10.0. The molecule has 4 nitrogen and oxygen atoms in total. The monoisotopic (exact) mass is 252 g/mol. The Morgan fingerprint density at radius 3 is 2.94 bits per heavy atom. The molecule has 1 atom stereocenters. The minimum atomic E-state index is -0.686. The maximum absolute atomic E-state index is 11.6. The molecule has 1 aliphatic rings. The van der Waals surface area contributed by atoms with Crippen LogP contribution in [0.5, 0.6) is 5.75 Å². The Morgan fingerprint density at radius 2 is 2.35 bits per heavy atom. The molecule has 0 radical (unpaired) electrons. The molecule has 2 rings (SSSR count). The van der Waals surface area contributed by atoms with Gasteiger partial charge >= 0.3 is 0 Å². The van der Waals surface area contributed by atoms with Gasteiger partial charge in [-0.2, -0.15) is 0 Å². The van der Waals surface area contributed by atoms with E-state index in [1.807, 2.05) is 24.3 Å². The molecule has 0 aliphatic carbocycles. The van der Waals surface area contributed by atoms with Crippen LogP contribution in [0.3, 0.4) is 0 Å². The van der Waals surface area contributed by atoms with Crippen molar-refractivity contribution in [3.8, 4) is 5.75 Å². The number of amides is 1. The zero-order valence-electron chi connectivity index (χ0n) is 9.73. The highest BCUT2D eigenvalue weighted by atomic mass is 32.2. The number of carbonyl (C=O) groups excluding carboxylic acids is 1. The number of methoxy groups -OCH3 is 1. The summed E-state index contributed by atoms with van der Waals surface area (Å²) < 4.78 is 5.29. The van der Waals surface area contributed by atoms with Crippen molar-refractivity contribution in [2.45, 2.75) is 11.3 Å². The summed E-state index contributed by atoms with van der Waals surface area (Å²) in [5.74, 6) is 1.38. The largest absolute Gasteiger partial charge is 0.496 e. The van der Waals surface area contributed by atoms with Crippen molar-refractivity contribution in [1.29, 1.82) is 0 Å². The number of para-hydroxylation sites is 1. The lowest BCUT2D eigenvalue weighted by Crippen LogP contribution is -2.51. The highest BCUT2D eigenvalue weighted by Crippen LogP contribution is 2.33. The first-order valence-electron chi connectivity index (χ1n) is 5.49. The van der Waals surface area contributed by atoms with Crippen LogP contribution in [-0.4, -0.2) is 30.2 Å². The molecule has 1 aromatic carbocycles. The first-order chi connectivity index (χ1) is 8.18. The molecular formula is C12H16N2O2S. The number of nitrogens with two attached hydrogens (primary N) is 1. The second-order valence-electron chi connectivity index (χ2n) is 3.96. The van der Waals surface area contributed by atoms with Gasteiger partial charge in [-0.05, 0) is 11.6 Å². The van der Waals surface area contributed by atoms with Crippen LogP contribution in [0.1, 0.15) is 5.56 Å². The Hall–Kier alpha value is -1.20. The van der Waals surface area contributed by atoms with Crippen LogP contribution < -0.4 is 15.8 Å². The van der Waals surface area contributed by atoms with Gasteiger partial charge in [-0.15, -0.1) is 11.8 Å². The van der Waals surface area contributed by atoms with Crippen molar-refractivity contribution in [2.24, 2.45) is 5.73 Å². The van der Waals surface area contributed by atoms with Gasteiger partial charge in [-0.1, -0.05) is 18.2 Å². The lowest BCUT2D eigenvalue weighted by molar-refractivity contribution is -0.120. The van der Waals surface area contributed by atoms with Crippen molar-refractivity contribution in [2.75, 3.05) is 19.4 Å². The second kappa shape index (κ2) is 4.98. The van der Waals surface area contributed by atoms with E-state index in [1.165, 1.54) is 0 Å². The fraction of sp³-hybridized carbons (Fsp3) is 0.417. The number of benzene rings is 1. The van der Waals surface area contributed by atoms with E-state index in [0.29, 0.717) is 6.42 Å². The number of primary amides is 1. The highest BCUT2D eigenvalue weighted by molar-refractivity contribution is 8.01. The molecule has 0 aromatic heterocycles. The number of hydrogen-bond donors (Lipinski definition) is 2. The number of carbonyl (C=O) groups is 1. The molecule has 0 saturated carbocycles. The molecule has 17 heavy (non-hydrogen) atoms. The van der Waals surface area contributed by atoms with E-state index in [0.717, 1.165) is 23.6 Å². The number of thioether (sulfide) groups is 1. The first kappa shape index (κ1) is 12.3. The summed E-state index contributed by atoms with van der Waals surface area (Å²) in [6.07, 6.45) is 0.553. The molecular weight excluding hydrogens is 236 g/mol. The molecule has 0 spiro atoms. The predicted molar refractivity (Wildman–Crippen MR) is 69.1 cm³/mol. The molecule has 92 valence electrons. The van der Waals surface area contributed by atoms with Crippen molar-refractivity contribution in [3.05, 3.63) is 29.8 Å². The standard InChI is InChI=1S/C12H16N2O2S/c1-16-10-5-3-2-4-9(10)8-12(11(13)15)14-6-7-17-12/h2-5,14H,6-8H2,1H3,(H2,13,15). The summed E-state index contributed by atoms with van der Waals surface area (Å²) in [4.78, 5) is 10.9. The highest BCUT2D eigenvalue weighted by Gasteiger charge is 2.40. The van der Waals surface area contributed by atoms with Gasteiger partial charge in [0, 0.05) is 18.7 Å². The normalized spacial score (nSPS) is 23.6. The van der Waals surface area contributed by atoms with Crippen molar-refractivity contribution < 1.29 is 9.53 Å². The summed E-state index contributed by atoms with van der Waals surface area (Å²) >= 11 is 1.57. The maximum atomic E-state index is 11.6. The van der Waals surface area contributed by atoms with Crippen molar-refractivity contribution in [1.82, 2.24) is 5.32 Å². The average molecular weight is 252 g/mol. The summed E-state index contributed by atoms with van der Waals surface area (Å²) in [5.41, 5.74) is 6.51. The van der Waals surface area contributed by atoms with Crippen LogP contribution in [0.25, 0.3) is 0 Å². The molecule has 0 bridgehead atoms. The third kappa shape index (κ3) is 2.40. The molecule has 1 aromatic rings. The van der Waals surface area contributed by atoms with Gasteiger partial charge in [-0.3, -0.25) is 10.1 Å². The molecule has 1 heterocycles. The van der Waals surface area contributed by atoms with Gasteiger partial charge in [0.2, 0.25) is 5.91 Å². The number of hydrogen-bond acceptors (Lipinski definition) is 4. The second-order valence-corrected chi connectivity index (χ2v) is 5.35. The zero-order chi connectivity index (χ0) is 12.3. The van der Waals surface area contributed by atoms with Crippen molar-refractivity contribution >= 4 is 17.7 Å². The van der Waals surface area contributed by atoms with E-state index in [4.69, 9.17) is 10.5 Å². The Morgan fingerprint density at radius 1 is 1.59 bits per heavy atom. The number of rotatable bonds is 4. The molecule has 1 unspecified atom stereocenters. The van der Waals surface area contributed by atoms with Gasteiger partial charge in [-0.25, -0.2) is 0 Å². The Labute approximate surface area is 105 Å². The van der Waals surface area contributed by atoms with E-state index >= 15 is 0 Å². The Bertz CT molecular complexity index is 417. The van der Waals surface area contributed by atoms with E-state index in [-0.39, 0.29) is 5.91 Å².